The van der Waals surface area contributed by atoms with E-state index in [0.717, 1.165) is 26.5 Å². The van der Waals surface area contributed by atoms with E-state index in [1.807, 2.05) is 48.5 Å². The molecular weight excluding hydrogens is 379 g/mol. The van der Waals surface area contributed by atoms with Crippen LogP contribution in [0.3, 0.4) is 0 Å². The van der Waals surface area contributed by atoms with Gasteiger partial charge < -0.3 is 0 Å². The van der Waals surface area contributed by atoms with E-state index in [4.69, 9.17) is 23.2 Å². The molecule has 0 heterocycles. The van der Waals surface area contributed by atoms with Crippen molar-refractivity contribution in [3.63, 3.8) is 0 Å². The fourth-order valence-electron chi connectivity index (χ4n) is 2.39. The smallest absolute Gasteiger partial charge is 0.0406 e. The maximum absolute atomic E-state index is 5.98. The van der Waals surface area contributed by atoms with Crippen molar-refractivity contribution in [3.8, 4) is 22.3 Å². The van der Waals surface area contributed by atoms with Crippen LogP contribution in [0.15, 0.2) is 66.7 Å². The normalized spacial score (nSPS) is 10.7. The van der Waals surface area contributed by atoms with Crippen LogP contribution < -0.4 is 0 Å². The van der Waals surface area contributed by atoms with Crippen molar-refractivity contribution in [1.29, 1.82) is 0 Å². The van der Waals surface area contributed by atoms with Crippen molar-refractivity contribution in [2.24, 2.45) is 0 Å². The Morgan fingerprint density at radius 1 is 0.591 bits per heavy atom. The lowest BCUT2D eigenvalue weighted by Gasteiger charge is -2.10. The van der Waals surface area contributed by atoms with Gasteiger partial charge in [-0.1, -0.05) is 75.5 Å². The molecule has 0 aromatic heterocycles. The summed E-state index contributed by atoms with van der Waals surface area (Å²) in [6.07, 6.45) is 0. The number of hydrogen-bond donors (Lipinski definition) is 0. The topological polar surface area (TPSA) is 0 Å². The van der Waals surface area contributed by atoms with Gasteiger partial charge in [0.25, 0.3) is 0 Å². The molecule has 0 saturated carbocycles. The van der Waals surface area contributed by atoms with E-state index in [2.05, 4.69) is 34.1 Å². The van der Waals surface area contributed by atoms with Crippen molar-refractivity contribution in [1.82, 2.24) is 0 Å². The van der Waals surface area contributed by atoms with Crippen LogP contribution in [0.5, 0.6) is 0 Å². The Kier molecular flexibility index (Phi) is 4.87. The molecule has 0 saturated heterocycles. The van der Waals surface area contributed by atoms with E-state index >= 15 is 0 Å². The molecule has 0 radical (unpaired) electrons. The van der Waals surface area contributed by atoms with Crippen LogP contribution >= 0.6 is 39.1 Å². The highest BCUT2D eigenvalue weighted by molar-refractivity contribution is 9.08. The highest BCUT2D eigenvalue weighted by Gasteiger charge is 2.05. The predicted molar refractivity (Wildman–Crippen MR) is 100.0 cm³/mol. The largest absolute Gasteiger partial charge is 0.0876 e. The zero-order valence-electron chi connectivity index (χ0n) is 11.7. The van der Waals surface area contributed by atoms with E-state index in [1.165, 1.54) is 16.7 Å². The van der Waals surface area contributed by atoms with Crippen LogP contribution in [-0.2, 0) is 5.33 Å². The van der Waals surface area contributed by atoms with Gasteiger partial charge in [-0.2, -0.15) is 0 Å². The highest BCUT2D eigenvalue weighted by atomic mass is 79.9. The summed E-state index contributed by atoms with van der Waals surface area (Å²) < 4.78 is 0. The molecule has 3 heteroatoms. The molecule has 3 aromatic rings. The lowest BCUT2D eigenvalue weighted by atomic mass is 9.96. The van der Waals surface area contributed by atoms with Crippen LogP contribution in [0.1, 0.15) is 5.56 Å². The van der Waals surface area contributed by atoms with Crippen molar-refractivity contribution in [2.45, 2.75) is 5.33 Å². The summed E-state index contributed by atoms with van der Waals surface area (Å²) >= 11 is 15.5. The Labute approximate surface area is 148 Å². The van der Waals surface area contributed by atoms with Crippen molar-refractivity contribution >= 4 is 39.1 Å². The molecule has 0 spiro atoms. The van der Waals surface area contributed by atoms with Crippen molar-refractivity contribution in [2.75, 3.05) is 0 Å². The lowest BCUT2D eigenvalue weighted by Crippen LogP contribution is -1.86. The highest BCUT2D eigenvalue weighted by Crippen LogP contribution is 2.30. The maximum Gasteiger partial charge on any atom is 0.0406 e. The molecule has 3 rings (SSSR count). The van der Waals surface area contributed by atoms with Crippen molar-refractivity contribution < 1.29 is 0 Å². The van der Waals surface area contributed by atoms with Crippen LogP contribution in [-0.4, -0.2) is 0 Å². The summed E-state index contributed by atoms with van der Waals surface area (Å²) in [6.45, 7) is 0. The minimum atomic E-state index is 0.748. The fourth-order valence-corrected chi connectivity index (χ4v) is 2.96. The zero-order chi connectivity index (χ0) is 15.5. The van der Waals surface area contributed by atoms with Crippen LogP contribution in [0, 0.1) is 0 Å². The first kappa shape index (κ1) is 15.6. The SMILES string of the molecule is Clc1ccc(-c2cc(CBr)cc(-c3ccc(Cl)cc3)c2)cc1. The summed E-state index contributed by atoms with van der Waals surface area (Å²) in [7, 11) is 0. The first-order valence-corrected chi connectivity index (χ1v) is 8.75. The number of halogens is 3. The second-order valence-electron chi connectivity index (χ2n) is 5.07. The van der Waals surface area contributed by atoms with Gasteiger partial charge in [0, 0.05) is 15.4 Å². The standard InChI is InChI=1S/C19H13BrCl2/c20-12-13-9-16(14-1-5-18(21)6-2-14)11-17(10-13)15-3-7-19(22)8-4-15/h1-11H,12H2. The average Bonchev–Trinajstić information content (AvgIpc) is 2.55. The third-order valence-electron chi connectivity index (χ3n) is 3.50. The van der Waals surface area contributed by atoms with Gasteiger partial charge in [0.2, 0.25) is 0 Å². The summed E-state index contributed by atoms with van der Waals surface area (Å²) in [5, 5.41) is 2.31. The third-order valence-corrected chi connectivity index (χ3v) is 4.65. The third kappa shape index (κ3) is 3.55. The number of hydrogen-bond acceptors (Lipinski definition) is 0. The molecule has 0 aliphatic rings. The predicted octanol–water partition coefficient (Wildman–Crippen LogP) is 7.22. The minimum Gasteiger partial charge on any atom is -0.0876 e. The first-order chi connectivity index (χ1) is 10.7. The van der Waals surface area contributed by atoms with Crippen LogP contribution in [0.2, 0.25) is 10.0 Å². The van der Waals surface area contributed by atoms with E-state index < -0.39 is 0 Å². The molecule has 0 fully saturated rings. The molecule has 0 amide bonds. The van der Waals surface area contributed by atoms with Gasteiger partial charge in [-0.25, -0.2) is 0 Å². The summed E-state index contributed by atoms with van der Waals surface area (Å²) in [5.41, 5.74) is 5.90. The summed E-state index contributed by atoms with van der Waals surface area (Å²) in [6, 6.07) is 22.4. The fraction of sp³-hybridized carbons (Fsp3) is 0.0526. The van der Waals surface area contributed by atoms with Gasteiger partial charge in [0.1, 0.15) is 0 Å². The van der Waals surface area contributed by atoms with Crippen molar-refractivity contribution in [3.05, 3.63) is 82.3 Å². The Hall–Kier alpha value is -1.28. The summed E-state index contributed by atoms with van der Waals surface area (Å²) in [4.78, 5) is 0. The Morgan fingerprint density at radius 2 is 1.00 bits per heavy atom. The molecular formula is C19H13BrCl2. The van der Waals surface area contributed by atoms with E-state index in [9.17, 15) is 0 Å². The number of rotatable bonds is 3. The van der Waals surface area contributed by atoms with E-state index in [0.29, 0.717) is 0 Å². The molecule has 0 nitrogen and oxygen atoms in total. The number of alkyl halides is 1. The zero-order valence-corrected chi connectivity index (χ0v) is 14.8. The molecule has 0 atom stereocenters. The van der Waals surface area contributed by atoms with Gasteiger partial charge in [-0.3, -0.25) is 0 Å². The molecule has 3 aromatic carbocycles. The van der Waals surface area contributed by atoms with Crippen LogP contribution in [0.4, 0.5) is 0 Å². The second-order valence-corrected chi connectivity index (χ2v) is 6.50. The first-order valence-electron chi connectivity index (χ1n) is 6.87. The van der Waals surface area contributed by atoms with Gasteiger partial charge in [0.05, 0.1) is 0 Å². The Bertz CT molecular complexity index is 714. The minimum absolute atomic E-state index is 0.748. The maximum atomic E-state index is 5.98. The molecule has 0 unspecified atom stereocenters. The average molecular weight is 392 g/mol. The lowest BCUT2D eigenvalue weighted by molar-refractivity contribution is 1.43. The molecule has 0 aliphatic heterocycles. The molecule has 110 valence electrons. The van der Waals surface area contributed by atoms with E-state index in [-0.39, 0.29) is 0 Å². The molecule has 0 aliphatic carbocycles. The van der Waals surface area contributed by atoms with Gasteiger partial charge in [0.15, 0.2) is 0 Å². The number of benzene rings is 3. The molecule has 0 N–H and O–H groups in total. The van der Waals surface area contributed by atoms with Gasteiger partial charge in [-0.05, 0) is 58.1 Å². The molecule has 0 bridgehead atoms. The molecule has 22 heavy (non-hydrogen) atoms. The van der Waals surface area contributed by atoms with Gasteiger partial charge >= 0.3 is 0 Å². The Balaban J connectivity index is 2.10. The quantitative estimate of drug-likeness (QED) is 0.413. The van der Waals surface area contributed by atoms with E-state index in [1.54, 1.807) is 0 Å². The second kappa shape index (κ2) is 6.87. The Morgan fingerprint density at radius 3 is 1.36 bits per heavy atom. The van der Waals surface area contributed by atoms with Gasteiger partial charge in [-0.15, -0.1) is 0 Å². The monoisotopic (exact) mass is 390 g/mol. The van der Waals surface area contributed by atoms with Crippen LogP contribution in [0.25, 0.3) is 22.3 Å². The summed E-state index contributed by atoms with van der Waals surface area (Å²) in [5.74, 6) is 0.